The summed E-state index contributed by atoms with van der Waals surface area (Å²) in [4.78, 5) is 13.7. The molecule has 1 unspecified atom stereocenters. The molecule has 0 saturated carbocycles. The Labute approximate surface area is 112 Å². The van der Waals surface area contributed by atoms with Gasteiger partial charge in [0.25, 0.3) is 0 Å². The number of likely N-dealkylation sites (tertiary alicyclic amines) is 1. The Bertz CT molecular complexity index is 499. The van der Waals surface area contributed by atoms with Gasteiger partial charge in [-0.15, -0.1) is 0 Å². The molecule has 1 amide bonds. The number of nitrogens with zero attached hydrogens (tertiary/aromatic N) is 1. The second-order valence-electron chi connectivity index (χ2n) is 4.66. The summed E-state index contributed by atoms with van der Waals surface area (Å²) in [5.41, 5.74) is 6.66. The lowest BCUT2D eigenvalue weighted by molar-refractivity contribution is -0.127. The van der Waals surface area contributed by atoms with E-state index >= 15 is 0 Å². The Balaban J connectivity index is 2.09. The lowest BCUT2D eigenvalue weighted by atomic mass is 10.1. The van der Waals surface area contributed by atoms with E-state index in [-0.39, 0.29) is 24.3 Å². The minimum Gasteiger partial charge on any atom is -0.507 e. The number of hydrogen-bond acceptors (Lipinski definition) is 4. The molecule has 1 aliphatic heterocycles. The Morgan fingerprint density at radius 1 is 1.53 bits per heavy atom. The van der Waals surface area contributed by atoms with Gasteiger partial charge in [0.05, 0.1) is 12.6 Å². The van der Waals surface area contributed by atoms with Crippen LogP contribution in [0.15, 0.2) is 24.3 Å². The smallest absolute Gasteiger partial charge is 0.246 e. The summed E-state index contributed by atoms with van der Waals surface area (Å²) in [6.45, 7) is 0.653. The summed E-state index contributed by atoms with van der Waals surface area (Å²) >= 11 is 0. The first-order valence-electron chi connectivity index (χ1n) is 6.30. The molecule has 1 heterocycles. The normalized spacial score (nSPS) is 19.2. The molecular weight excluding hydrogens is 244 g/mol. The number of carbonyl (C=O) groups excluding carboxylic acids is 1. The predicted octanol–water partition coefficient (Wildman–Crippen LogP) is 0.971. The van der Waals surface area contributed by atoms with Gasteiger partial charge in [0, 0.05) is 23.9 Å². The third kappa shape index (κ3) is 3.06. The molecule has 0 aliphatic carbocycles. The van der Waals surface area contributed by atoms with Crippen molar-refractivity contribution in [1.29, 1.82) is 0 Å². The second kappa shape index (κ2) is 5.75. The molecule has 0 bridgehead atoms. The van der Waals surface area contributed by atoms with E-state index in [9.17, 15) is 15.0 Å². The van der Waals surface area contributed by atoms with E-state index in [0.717, 1.165) is 12.8 Å². The molecule has 1 aromatic carbocycles. The quantitative estimate of drug-likeness (QED) is 0.430. The number of carbonyl (C=O) groups is 1. The van der Waals surface area contributed by atoms with Gasteiger partial charge in [0.2, 0.25) is 5.91 Å². The van der Waals surface area contributed by atoms with Crippen molar-refractivity contribution in [3.05, 3.63) is 29.8 Å². The summed E-state index contributed by atoms with van der Waals surface area (Å²) in [5, 5.41) is 18.8. The largest absolute Gasteiger partial charge is 0.507 e. The number of phenolic OH excluding ortho intramolecular Hbond substituents is 1. The van der Waals surface area contributed by atoms with Crippen LogP contribution < -0.4 is 5.73 Å². The van der Waals surface area contributed by atoms with E-state index in [0.29, 0.717) is 17.8 Å². The average Bonchev–Trinajstić information content (AvgIpc) is 2.88. The van der Waals surface area contributed by atoms with E-state index in [1.807, 2.05) is 0 Å². The van der Waals surface area contributed by atoms with E-state index < -0.39 is 0 Å². The highest BCUT2D eigenvalue weighted by molar-refractivity contribution is 5.92. The van der Waals surface area contributed by atoms with Crippen molar-refractivity contribution in [3.63, 3.8) is 0 Å². The zero-order valence-corrected chi connectivity index (χ0v) is 10.6. The maximum Gasteiger partial charge on any atom is 0.246 e. The summed E-state index contributed by atoms with van der Waals surface area (Å²) in [6, 6.07) is 4.60. The number of nitrogens with two attached hydrogens (primary N) is 1. The highest BCUT2D eigenvalue weighted by Crippen LogP contribution is 2.22. The highest BCUT2D eigenvalue weighted by atomic mass is 16.3. The van der Waals surface area contributed by atoms with Gasteiger partial charge in [-0.25, -0.2) is 0 Å². The first-order chi connectivity index (χ1) is 9.11. The molecule has 4 N–H and O–H groups in total. The van der Waals surface area contributed by atoms with Crippen molar-refractivity contribution < 1.29 is 15.0 Å². The molecule has 1 fully saturated rings. The van der Waals surface area contributed by atoms with Gasteiger partial charge in [-0.3, -0.25) is 4.79 Å². The maximum atomic E-state index is 12.0. The van der Waals surface area contributed by atoms with Crippen LogP contribution in [0, 0.1) is 0 Å². The third-order valence-electron chi connectivity index (χ3n) is 3.33. The fourth-order valence-corrected chi connectivity index (χ4v) is 2.28. The van der Waals surface area contributed by atoms with Gasteiger partial charge >= 0.3 is 0 Å². The molecule has 102 valence electrons. The molecule has 5 nitrogen and oxygen atoms in total. The number of aliphatic hydroxyl groups is 1. The number of amides is 1. The van der Waals surface area contributed by atoms with E-state index in [1.165, 1.54) is 12.1 Å². The molecule has 1 saturated heterocycles. The number of rotatable bonds is 3. The van der Waals surface area contributed by atoms with Crippen LogP contribution in [0.25, 0.3) is 6.08 Å². The van der Waals surface area contributed by atoms with Crippen molar-refractivity contribution in [1.82, 2.24) is 4.90 Å². The summed E-state index contributed by atoms with van der Waals surface area (Å²) in [5.74, 6) is -0.0724. The summed E-state index contributed by atoms with van der Waals surface area (Å²) < 4.78 is 0. The first-order valence-corrected chi connectivity index (χ1v) is 6.30. The third-order valence-corrected chi connectivity index (χ3v) is 3.33. The zero-order chi connectivity index (χ0) is 13.8. The topological polar surface area (TPSA) is 86.8 Å². The fourth-order valence-electron chi connectivity index (χ4n) is 2.28. The van der Waals surface area contributed by atoms with Crippen molar-refractivity contribution in [2.45, 2.75) is 18.9 Å². The maximum absolute atomic E-state index is 12.0. The van der Waals surface area contributed by atoms with Gasteiger partial charge in [0.15, 0.2) is 0 Å². The van der Waals surface area contributed by atoms with Crippen LogP contribution in [0.5, 0.6) is 5.75 Å². The molecule has 0 spiro atoms. The van der Waals surface area contributed by atoms with Gasteiger partial charge in [-0.2, -0.15) is 0 Å². The molecule has 0 radical (unpaired) electrons. The molecule has 5 heteroatoms. The number of hydrogen-bond donors (Lipinski definition) is 3. The number of phenols is 1. The lowest BCUT2D eigenvalue weighted by Crippen LogP contribution is -2.36. The Kier molecular flexibility index (Phi) is 4.06. The minimum atomic E-state index is -0.154. The monoisotopic (exact) mass is 262 g/mol. The summed E-state index contributed by atoms with van der Waals surface area (Å²) in [7, 11) is 0. The van der Waals surface area contributed by atoms with E-state index in [2.05, 4.69) is 0 Å². The molecular formula is C14H18N2O3. The predicted molar refractivity (Wildman–Crippen MR) is 73.4 cm³/mol. The highest BCUT2D eigenvalue weighted by Gasteiger charge is 2.26. The number of aliphatic hydroxyl groups excluding tert-OH is 1. The molecule has 1 aromatic rings. The van der Waals surface area contributed by atoms with Crippen LogP contribution in [0.4, 0.5) is 5.69 Å². The van der Waals surface area contributed by atoms with Crippen molar-refractivity contribution >= 4 is 17.7 Å². The zero-order valence-electron chi connectivity index (χ0n) is 10.6. The number of anilines is 1. The van der Waals surface area contributed by atoms with Crippen LogP contribution in [0.2, 0.25) is 0 Å². The van der Waals surface area contributed by atoms with Crippen LogP contribution in [-0.2, 0) is 4.79 Å². The van der Waals surface area contributed by atoms with Crippen molar-refractivity contribution in [2.75, 3.05) is 18.9 Å². The molecule has 1 atom stereocenters. The van der Waals surface area contributed by atoms with Gasteiger partial charge < -0.3 is 20.8 Å². The molecule has 19 heavy (non-hydrogen) atoms. The Hall–Kier alpha value is -2.01. The van der Waals surface area contributed by atoms with Crippen molar-refractivity contribution in [2.24, 2.45) is 0 Å². The van der Waals surface area contributed by atoms with Gasteiger partial charge in [-0.05, 0) is 37.1 Å². The van der Waals surface area contributed by atoms with Crippen LogP contribution in [0.3, 0.4) is 0 Å². The minimum absolute atomic E-state index is 0.0108. The second-order valence-corrected chi connectivity index (χ2v) is 4.66. The van der Waals surface area contributed by atoms with Crippen LogP contribution >= 0.6 is 0 Å². The summed E-state index contributed by atoms with van der Waals surface area (Å²) in [6.07, 6.45) is 4.69. The standard InChI is InChI=1S/C14H18N2O3/c15-11-4-5-13(18)10(8-11)3-6-14(19)16-7-1-2-12(16)9-17/h3-6,8,12,17-18H,1-2,7,9,15H2. The number of aromatic hydroxyl groups is 1. The lowest BCUT2D eigenvalue weighted by Gasteiger charge is -2.21. The van der Waals surface area contributed by atoms with Gasteiger partial charge in [-0.1, -0.05) is 0 Å². The Morgan fingerprint density at radius 3 is 3.05 bits per heavy atom. The van der Waals surface area contributed by atoms with Crippen LogP contribution in [0.1, 0.15) is 18.4 Å². The fraction of sp³-hybridized carbons (Fsp3) is 0.357. The first kappa shape index (κ1) is 13.4. The van der Waals surface area contributed by atoms with Crippen molar-refractivity contribution in [3.8, 4) is 5.75 Å². The SMILES string of the molecule is Nc1ccc(O)c(C=CC(=O)N2CCCC2CO)c1. The number of nitrogen functional groups attached to an aromatic ring is 1. The van der Waals surface area contributed by atoms with E-state index in [4.69, 9.17) is 5.73 Å². The molecule has 2 rings (SSSR count). The molecule has 0 aromatic heterocycles. The van der Waals surface area contributed by atoms with Gasteiger partial charge in [0.1, 0.15) is 5.75 Å². The van der Waals surface area contributed by atoms with E-state index in [1.54, 1.807) is 23.1 Å². The number of benzene rings is 1. The molecule has 1 aliphatic rings. The average molecular weight is 262 g/mol. The Morgan fingerprint density at radius 2 is 2.32 bits per heavy atom. The van der Waals surface area contributed by atoms with Crippen LogP contribution in [-0.4, -0.2) is 40.2 Å².